The molecule has 100 valence electrons. The maximum Gasteiger partial charge on any atom is 0.0710 e. The van der Waals surface area contributed by atoms with Gasteiger partial charge in [0.2, 0.25) is 0 Å². The molecule has 1 heterocycles. The third-order valence-electron chi connectivity index (χ3n) is 3.49. The number of nitrogens with zero attached hydrogens (tertiary/aromatic N) is 1. The first-order chi connectivity index (χ1) is 8.65. The van der Waals surface area contributed by atoms with Crippen LogP contribution >= 0.6 is 27.5 Å². The van der Waals surface area contributed by atoms with Crippen LogP contribution in [0.4, 0.5) is 0 Å². The van der Waals surface area contributed by atoms with Gasteiger partial charge in [-0.15, -0.1) is 0 Å². The van der Waals surface area contributed by atoms with E-state index in [0.717, 1.165) is 34.6 Å². The van der Waals surface area contributed by atoms with Gasteiger partial charge >= 0.3 is 0 Å². The highest BCUT2D eigenvalue weighted by Gasteiger charge is 2.29. The Morgan fingerprint density at radius 1 is 1.61 bits per heavy atom. The van der Waals surface area contributed by atoms with Gasteiger partial charge in [-0.2, -0.15) is 0 Å². The standard InChI is InChI=1S/C13H18BrClN2O/c1-18-10-4-5-17(8-10)13(7-16)11-6-9(15)2-3-12(11)14/h2-3,6,10,13H,4-5,7-8,16H2,1H3. The van der Waals surface area contributed by atoms with E-state index in [-0.39, 0.29) is 6.04 Å². The van der Waals surface area contributed by atoms with E-state index in [9.17, 15) is 0 Å². The lowest BCUT2D eigenvalue weighted by Crippen LogP contribution is -2.33. The summed E-state index contributed by atoms with van der Waals surface area (Å²) in [7, 11) is 1.76. The molecule has 1 saturated heterocycles. The van der Waals surface area contributed by atoms with Crippen LogP contribution in [0.2, 0.25) is 5.02 Å². The van der Waals surface area contributed by atoms with E-state index in [4.69, 9.17) is 22.1 Å². The molecule has 2 unspecified atom stereocenters. The van der Waals surface area contributed by atoms with Gasteiger partial charge < -0.3 is 10.5 Å². The Labute approximate surface area is 121 Å². The van der Waals surface area contributed by atoms with Crippen molar-refractivity contribution in [3.05, 3.63) is 33.3 Å². The monoisotopic (exact) mass is 332 g/mol. The van der Waals surface area contributed by atoms with Gasteiger partial charge in [-0.3, -0.25) is 4.90 Å². The van der Waals surface area contributed by atoms with Crippen LogP contribution < -0.4 is 5.73 Å². The van der Waals surface area contributed by atoms with Crippen LogP contribution in [0, 0.1) is 0 Å². The summed E-state index contributed by atoms with van der Waals surface area (Å²) >= 11 is 9.65. The van der Waals surface area contributed by atoms with Gasteiger partial charge in [0.15, 0.2) is 0 Å². The zero-order valence-electron chi connectivity index (χ0n) is 10.4. The molecular weight excluding hydrogens is 316 g/mol. The van der Waals surface area contributed by atoms with E-state index in [1.54, 1.807) is 7.11 Å². The summed E-state index contributed by atoms with van der Waals surface area (Å²) in [6.07, 6.45) is 1.38. The van der Waals surface area contributed by atoms with Crippen molar-refractivity contribution in [2.45, 2.75) is 18.6 Å². The lowest BCUT2D eigenvalue weighted by Gasteiger charge is -2.28. The molecule has 1 aliphatic rings. The van der Waals surface area contributed by atoms with Gasteiger partial charge in [0.05, 0.1) is 6.10 Å². The van der Waals surface area contributed by atoms with Gasteiger partial charge in [0.1, 0.15) is 0 Å². The molecule has 18 heavy (non-hydrogen) atoms. The van der Waals surface area contributed by atoms with E-state index in [0.29, 0.717) is 12.6 Å². The topological polar surface area (TPSA) is 38.5 Å². The Morgan fingerprint density at radius 3 is 3.00 bits per heavy atom. The van der Waals surface area contributed by atoms with Crippen LogP contribution in [0.5, 0.6) is 0 Å². The van der Waals surface area contributed by atoms with Gasteiger partial charge in [-0.05, 0) is 30.2 Å². The van der Waals surface area contributed by atoms with Gasteiger partial charge in [-0.25, -0.2) is 0 Å². The minimum absolute atomic E-state index is 0.193. The van der Waals surface area contributed by atoms with E-state index in [1.807, 2.05) is 18.2 Å². The normalized spacial score (nSPS) is 22.3. The SMILES string of the molecule is COC1CCN(C(CN)c2cc(Cl)ccc2Br)C1. The van der Waals surface area contributed by atoms with Crippen LogP contribution in [0.15, 0.2) is 22.7 Å². The quantitative estimate of drug-likeness (QED) is 0.921. The van der Waals surface area contributed by atoms with Crippen molar-refractivity contribution in [3.63, 3.8) is 0 Å². The molecule has 2 N–H and O–H groups in total. The Kier molecular flexibility index (Phi) is 5.04. The van der Waals surface area contributed by atoms with Gasteiger partial charge in [0.25, 0.3) is 0 Å². The van der Waals surface area contributed by atoms with E-state index in [1.165, 1.54) is 0 Å². The average molecular weight is 334 g/mol. The number of nitrogens with two attached hydrogens (primary N) is 1. The fraction of sp³-hybridized carbons (Fsp3) is 0.538. The van der Waals surface area contributed by atoms with Crippen molar-refractivity contribution < 1.29 is 4.74 Å². The molecule has 3 nitrogen and oxygen atoms in total. The number of methoxy groups -OCH3 is 1. The highest BCUT2D eigenvalue weighted by molar-refractivity contribution is 9.10. The number of ether oxygens (including phenoxy) is 1. The number of benzene rings is 1. The second-order valence-corrected chi connectivity index (χ2v) is 5.85. The molecule has 0 aromatic heterocycles. The van der Waals surface area contributed by atoms with Crippen molar-refractivity contribution in [3.8, 4) is 0 Å². The van der Waals surface area contributed by atoms with E-state index >= 15 is 0 Å². The third-order valence-corrected chi connectivity index (χ3v) is 4.45. The first kappa shape index (κ1) is 14.3. The summed E-state index contributed by atoms with van der Waals surface area (Å²) in [6.45, 7) is 2.52. The van der Waals surface area contributed by atoms with Crippen LogP contribution in [-0.2, 0) is 4.74 Å². The summed E-state index contributed by atoms with van der Waals surface area (Å²) in [5, 5.41) is 0.745. The van der Waals surface area contributed by atoms with Crippen molar-refractivity contribution in [2.75, 3.05) is 26.7 Å². The number of halogens is 2. The molecule has 1 aromatic rings. The first-order valence-corrected chi connectivity index (χ1v) is 7.24. The molecule has 0 bridgehead atoms. The number of likely N-dealkylation sites (tertiary alicyclic amines) is 1. The lowest BCUT2D eigenvalue weighted by molar-refractivity contribution is 0.101. The molecule has 0 spiro atoms. The molecule has 1 aliphatic heterocycles. The Morgan fingerprint density at radius 2 is 2.39 bits per heavy atom. The maximum atomic E-state index is 6.08. The predicted molar refractivity (Wildman–Crippen MR) is 77.9 cm³/mol. The van der Waals surface area contributed by atoms with E-state index in [2.05, 4.69) is 20.8 Å². The Bertz CT molecular complexity index is 416. The van der Waals surface area contributed by atoms with Crippen molar-refractivity contribution in [1.82, 2.24) is 4.90 Å². The molecular formula is C13H18BrClN2O. The van der Waals surface area contributed by atoms with Crippen molar-refractivity contribution >= 4 is 27.5 Å². The lowest BCUT2D eigenvalue weighted by atomic mass is 10.1. The second-order valence-electron chi connectivity index (χ2n) is 4.56. The maximum absolute atomic E-state index is 6.08. The van der Waals surface area contributed by atoms with Crippen LogP contribution in [0.1, 0.15) is 18.0 Å². The molecule has 5 heteroatoms. The molecule has 0 aliphatic carbocycles. The zero-order chi connectivity index (χ0) is 13.1. The van der Waals surface area contributed by atoms with Crippen molar-refractivity contribution in [1.29, 1.82) is 0 Å². The van der Waals surface area contributed by atoms with Gasteiger partial charge in [0, 0.05) is 42.3 Å². The Balaban J connectivity index is 2.20. The van der Waals surface area contributed by atoms with Crippen LogP contribution in [-0.4, -0.2) is 37.7 Å². The zero-order valence-corrected chi connectivity index (χ0v) is 12.7. The fourth-order valence-electron chi connectivity index (χ4n) is 2.47. The molecule has 1 aromatic carbocycles. The van der Waals surface area contributed by atoms with Crippen molar-refractivity contribution in [2.24, 2.45) is 5.73 Å². The van der Waals surface area contributed by atoms with Crippen LogP contribution in [0.3, 0.4) is 0 Å². The minimum atomic E-state index is 0.193. The molecule has 2 rings (SSSR count). The van der Waals surface area contributed by atoms with E-state index < -0.39 is 0 Å². The summed E-state index contributed by atoms with van der Waals surface area (Å²) in [5.41, 5.74) is 7.10. The fourth-order valence-corrected chi connectivity index (χ4v) is 3.16. The molecule has 1 fully saturated rings. The van der Waals surface area contributed by atoms with Crippen LogP contribution in [0.25, 0.3) is 0 Å². The summed E-state index contributed by atoms with van der Waals surface area (Å²) in [5.74, 6) is 0. The molecule has 0 radical (unpaired) electrons. The molecule has 0 amide bonds. The summed E-state index contributed by atoms with van der Waals surface area (Å²) in [4.78, 5) is 2.37. The summed E-state index contributed by atoms with van der Waals surface area (Å²) < 4.78 is 6.46. The number of hydrogen-bond acceptors (Lipinski definition) is 3. The second kappa shape index (κ2) is 6.35. The van der Waals surface area contributed by atoms with Gasteiger partial charge in [-0.1, -0.05) is 27.5 Å². The number of rotatable bonds is 4. The average Bonchev–Trinajstić information content (AvgIpc) is 2.83. The Hall–Kier alpha value is -0.130. The summed E-state index contributed by atoms with van der Waals surface area (Å²) in [6, 6.07) is 6.04. The molecule has 0 saturated carbocycles. The predicted octanol–water partition coefficient (Wildman–Crippen LogP) is 2.82. The third kappa shape index (κ3) is 3.06. The minimum Gasteiger partial charge on any atom is -0.380 e. The largest absolute Gasteiger partial charge is 0.380 e. The highest BCUT2D eigenvalue weighted by atomic mass is 79.9. The smallest absolute Gasteiger partial charge is 0.0710 e. The first-order valence-electron chi connectivity index (χ1n) is 6.07. The molecule has 2 atom stereocenters. The highest BCUT2D eigenvalue weighted by Crippen LogP contribution is 2.32. The number of hydrogen-bond donors (Lipinski definition) is 1.